The SMILES string of the molecule is Cc1ccccc1C1CC(=O)NC2=C1C(=O)C(=O)c1ccccc12. The van der Waals surface area contributed by atoms with Gasteiger partial charge in [0.2, 0.25) is 17.5 Å². The molecule has 0 aromatic heterocycles. The molecule has 0 fully saturated rings. The average Bonchev–Trinajstić information content (AvgIpc) is 2.59. The van der Waals surface area contributed by atoms with Crippen molar-refractivity contribution < 1.29 is 14.4 Å². The molecule has 2 aromatic rings. The van der Waals surface area contributed by atoms with E-state index in [9.17, 15) is 14.4 Å². The van der Waals surface area contributed by atoms with Crippen LogP contribution in [0.25, 0.3) is 5.70 Å². The van der Waals surface area contributed by atoms with E-state index in [0.29, 0.717) is 22.4 Å². The molecule has 1 N–H and O–H groups in total. The fourth-order valence-electron chi connectivity index (χ4n) is 3.59. The number of ketones is 2. The molecule has 24 heavy (non-hydrogen) atoms. The minimum absolute atomic E-state index is 0.140. The predicted octanol–water partition coefficient (Wildman–Crippen LogP) is 2.78. The van der Waals surface area contributed by atoms with Crippen LogP contribution in [0.3, 0.4) is 0 Å². The third-order valence-electron chi connectivity index (χ3n) is 4.73. The molecule has 1 unspecified atom stereocenters. The Morgan fingerprint density at radius 3 is 2.29 bits per heavy atom. The summed E-state index contributed by atoms with van der Waals surface area (Å²) in [5.41, 5.74) is 3.80. The summed E-state index contributed by atoms with van der Waals surface area (Å²) in [7, 11) is 0. The summed E-state index contributed by atoms with van der Waals surface area (Å²) >= 11 is 0. The zero-order valence-corrected chi connectivity index (χ0v) is 13.1. The summed E-state index contributed by atoms with van der Waals surface area (Å²) in [5.74, 6) is -1.55. The number of hydrogen-bond acceptors (Lipinski definition) is 3. The van der Waals surface area contributed by atoms with Crippen molar-refractivity contribution in [1.82, 2.24) is 5.32 Å². The Labute approximate surface area is 139 Å². The molecule has 1 amide bonds. The van der Waals surface area contributed by atoms with Crippen molar-refractivity contribution >= 4 is 23.2 Å². The van der Waals surface area contributed by atoms with Crippen molar-refractivity contribution in [2.24, 2.45) is 0 Å². The Morgan fingerprint density at radius 2 is 1.54 bits per heavy atom. The number of rotatable bonds is 1. The van der Waals surface area contributed by atoms with Gasteiger partial charge in [-0.25, -0.2) is 0 Å². The molecular weight excluding hydrogens is 302 g/mol. The summed E-state index contributed by atoms with van der Waals surface area (Å²) in [6.07, 6.45) is 0.172. The first-order valence-electron chi connectivity index (χ1n) is 7.86. The van der Waals surface area contributed by atoms with Gasteiger partial charge in [-0.1, -0.05) is 48.5 Å². The standard InChI is InChI=1S/C20H15NO3/c1-11-6-2-3-7-12(11)15-10-16(22)21-18-13-8-4-5-9-14(13)19(23)20(24)17(15)18/h2-9,15H,10H2,1H3,(H,21,22). The van der Waals surface area contributed by atoms with Gasteiger partial charge in [0, 0.05) is 29.0 Å². The van der Waals surface area contributed by atoms with Gasteiger partial charge in [-0.15, -0.1) is 0 Å². The maximum absolute atomic E-state index is 12.8. The Bertz CT molecular complexity index is 939. The van der Waals surface area contributed by atoms with Crippen molar-refractivity contribution in [2.45, 2.75) is 19.3 Å². The molecule has 2 aliphatic rings. The van der Waals surface area contributed by atoms with Gasteiger partial charge in [-0.05, 0) is 18.1 Å². The number of hydrogen-bond donors (Lipinski definition) is 1. The Balaban J connectivity index is 1.99. The first kappa shape index (κ1) is 14.6. The predicted molar refractivity (Wildman–Crippen MR) is 89.4 cm³/mol. The van der Waals surface area contributed by atoms with E-state index in [2.05, 4.69) is 5.32 Å². The van der Waals surface area contributed by atoms with Gasteiger partial charge in [-0.2, -0.15) is 0 Å². The number of aryl methyl sites for hydroxylation is 1. The van der Waals surface area contributed by atoms with Gasteiger partial charge in [0.25, 0.3) is 0 Å². The monoisotopic (exact) mass is 317 g/mol. The molecule has 1 aliphatic carbocycles. The number of Topliss-reactive ketones (excluding diaryl/α,β-unsaturated/α-hetero) is 2. The molecule has 0 saturated carbocycles. The molecule has 1 atom stereocenters. The molecule has 4 heteroatoms. The van der Waals surface area contributed by atoms with Gasteiger partial charge in [0.15, 0.2) is 0 Å². The van der Waals surface area contributed by atoms with Gasteiger partial charge >= 0.3 is 0 Å². The van der Waals surface area contributed by atoms with Crippen molar-refractivity contribution in [1.29, 1.82) is 0 Å². The van der Waals surface area contributed by atoms with Gasteiger partial charge in [-0.3, -0.25) is 14.4 Å². The third kappa shape index (κ3) is 2.03. The normalized spacial score (nSPS) is 19.7. The number of carbonyl (C=O) groups is 3. The topological polar surface area (TPSA) is 63.2 Å². The zero-order chi connectivity index (χ0) is 16.8. The molecule has 0 saturated heterocycles. The van der Waals surface area contributed by atoms with E-state index >= 15 is 0 Å². The van der Waals surface area contributed by atoms with Crippen LogP contribution in [-0.4, -0.2) is 17.5 Å². The van der Waals surface area contributed by atoms with Crippen LogP contribution in [0.4, 0.5) is 0 Å². The van der Waals surface area contributed by atoms with Crippen molar-refractivity contribution in [3.63, 3.8) is 0 Å². The van der Waals surface area contributed by atoms with Crippen molar-refractivity contribution in [2.75, 3.05) is 0 Å². The second-order valence-corrected chi connectivity index (χ2v) is 6.15. The van der Waals surface area contributed by atoms with Crippen LogP contribution in [0, 0.1) is 6.92 Å². The highest BCUT2D eigenvalue weighted by Gasteiger charge is 2.41. The van der Waals surface area contributed by atoms with E-state index in [1.807, 2.05) is 31.2 Å². The molecule has 2 aromatic carbocycles. The van der Waals surface area contributed by atoms with Crippen LogP contribution < -0.4 is 5.32 Å². The average molecular weight is 317 g/mol. The number of nitrogens with one attached hydrogen (secondary N) is 1. The molecule has 0 radical (unpaired) electrons. The second kappa shape index (κ2) is 5.27. The molecule has 4 rings (SSSR count). The quantitative estimate of drug-likeness (QED) is 0.823. The van der Waals surface area contributed by atoms with Gasteiger partial charge in [0.05, 0.1) is 5.70 Å². The molecular formula is C20H15NO3. The van der Waals surface area contributed by atoms with Crippen molar-refractivity contribution in [3.8, 4) is 0 Å². The zero-order valence-electron chi connectivity index (χ0n) is 13.1. The van der Waals surface area contributed by atoms with Gasteiger partial charge < -0.3 is 5.32 Å². The second-order valence-electron chi connectivity index (χ2n) is 6.15. The van der Waals surface area contributed by atoms with E-state index in [0.717, 1.165) is 11.1 Å². The summed E-state index contributed by atoms with van der Waals surface area (Å²) in [4.78, 5) is 37.6. The summed E-state index contributed by atoms with van der Waals surface area (Å²) < 4.78 is 0. The minimum atomic E-state index is -0.517. The van der Waals surface area contributed by atoms with Crippen LogP contribution in [0.15, 0.2) is 54.1 Å². The van der Waals surface area contributed by atoms with Crippen LogP contribution in [0.2, 0.25) is 0 Å². The van der Waals surface area contributed by atoms with Crippen LogP contribution in [0.1, 0.15) is 39.4 Å². The fourth-order valence-corrected chi connectivity index (χ4v) is 3.59. The number of amides is 1. The van der Waals surface area contributed by atoms with E-state index in [1.54, 1.807) is 24.3 Å². The molecule has 1 heterocycles. The molecule has 1 aliphatic heterocycles. The van der Waals surface area contributed by atoms with Crippen LogP contribution in [-0.2, 0) is 9.59 Å². The summed E-state index contributed by atoms with van der Waals surface area (Å²) in [5, 5.41) is 2.81. The lowest BCUT2D eigenvalue weighted by atomic mass is 9.74. The van der Waals surface area contributed by atoms with Crippen LogP contribution >= 0.6 is 0 Å². The molecule has 118 valence electrons. The lowest BCUT2D eigenvalue weighted by Crippen LogP contribution is -2.39. The third-order valence-corrected chi connectivity index (χ3v) is 4.73. The smallest absolute Gasteiger partial charge is 0.233 e. The largest absolute Gasteiger partial charge is 0.325 e. The minimum Gasteiger partial charge on any atom is -0.325 e. The lowest BCUT2D eigenvalue weighted by molar-refractivity contribution is -0.120. The van der Waals surface area contributed by atoms with Gasteiger partial charge in [0.1, 0.15) is 0 Å². The van der Waals surface area contributed by atoms with Crippen LogP contribution in [0.5, 0.6) is 0 Å². The Hall–Kier alpha value is -3.01. The van der Waals surface area contributed by atoms with E-state index < -0.39 is 11.6 Å². The maximum atomic E-state index is 12.8. The number of benzene rings is 2. The highest BCUT2D eigenvalue weighted by molar-refractivity contribution is 6.53. The lowest BCUT2D eigenvalue weighted by Gasteiger charge is -2.32. The Kier molecular flexibility index (Phi) is 3.20. The molecule has 0 bridgehead atoms. The van der Waals surface area contributed by atoms with E-state index in [1.165, 1.54) is 0 Å². The summed E-state index contributed by atoms with van der Waals surface area (Å²) in [6, 6.07) is 14.6. The number of carbonyl (C=O) groups excluding carboxylic acids is 3. The van der Waals surface area contributed by atoms with E-state index in [4.69, 9.17) is 0 Å². The fraction of sp³-hybridized carbons (Fsp3) is 0.150. The highest BCUT2D eigenvalue weighted by atomic mass is 16.2. The summed E-state index contributed by atoms with van der Waals surface area (Å²) in [6.45, 7) is 1.95. The maximum Gasteiger partial charge on any atom is 0.233 e. The first-order valence-corrected chi connectivity index (χ1v) is 7.86. The van der Waals surface area contributed by atoms with Crippen molar-refractivity contribution in [3.05, 3.63) is 76.4 Å². The number of allylic oxidation sites excluding steroid dienone is 1. The first-order chi connectivity index (χ1) is 11.6. The Morgan fingerprint density at radius 1 is 0.875 bits per heavy atom. The highest BCUT2D eigenvalue weighted by Crippen LogP contribution is 2.41. The molecule has 0 spiro atoms. The van der Waals surface area contributed by atoms with E-state index in [-0.39, 0.29) is 18.2 Å². The number of fused-ring (bicyclic) bond motifs is 2. The molecule has 4 nitrogen and oxygen atoms in total.